The van der Waals surface area contributed by atoms with E-state index in [-0.39, 0.29) is 5.56 Å². The molecule has 104 valence electrons. The highest BCUT2D eigenvalue weighted by molar-refractivity contribution is 5.87. The number of benzene rings is 1. The minimum Gasteiger partial charge on any atom is -0.492 e. The number of carbonyl (C=O) groups is 1. The summed E-state index contributed by atoms with van der Waals surface area (Å²) in [5.74, 6) is -0.216. The first-order chi connectivity index (χ1) is 9.25. The molecule has 0 aliphatic carbocycles. The van der Waals surface area contributed by atoms with Crippen molar-refractivity contribution in [2.24, 2.45) is 0 Å². The fourth-order valence-corrected chi connectivity index (χ4v) is 2.01. The van der Waals surface area contributed by atoms with Crippen molar-refractivity contribution in [3.63, 3.8) is 0 Å². The molecule has 0 amide bonds. The maximum absolute atomic E-state index is 10.7. The van der Waals surface area contributed by atoms with Gasteiger partial charge in [0.1, 0.15) is 12.4 Å². The lowest BCUT2D eigenvalue weighted by Gasteiger charge is -2.18. The van der Waals surface area contributed by atoms with Crippen LogP contribution in [0.25, 0.3) is 0 Å². The topological polar surface area (TPSA) is 59.0 Å². The molecule has 1 heterocycles. The second-order valence-electron chi connectivity index (χ2n) is 4.49. The van der Waals surface area contributed by atoms with Gasteiger partial charge in [-0.2, -0.15) is 0 Å². The Morgan fingerprint density at radius 3 is 2.79 bits per heavy atom. The van der Waals surface area contributed by atoms with Gasteiger partial charge in [-0.05, 0) is 30.7 Å². The smallest absolute Gasteiger partial charge is 0.335 e. The normalized spacial score (nSPS) is 16.8. The standard InChI is InChI=1S/C14H19NO4/c16-14(17)12-2-4-13(5-3-12)19-11-8-15-6-1-9-18-10-7-15/h2-5H,1,6-11H2,(H,16,17). The van der Waals surface area contributed by atoms with Gasteiger partial charge < -0.3 is 14.6 Å². The number of hydrogen-bond donors (Lipinski definition) is 1. The summed E-state index contributed by atoms with van der Waals surface area (Å²) in [7, 11) is 0. The Bertz CT molecular complexity index is 396. The van der Waals surface area contributed by atoms with Gasteiger partial charge >= 0.3 is 5.97 Å². The van der Waals surface area contributed by atoms with Crippen LogP contribution in [0.4, 0.5) is 0 Å². The maximum Gasteiger partial charge on any atom is 0.335 e. The molecule has 0 saturated carbocycles. The highest BCUT2D eigenvalue weighted by Gasteiger charge is 2.09. The number of aromatic carboxylic acids is 1. The molecule has 1 N–H and O–H groups in total. The van der Waals surface area contributed by atoms with Crippen LogP contribution in [-0.2, 0) is 4.74 Å². The number of nitrogens with zero attached hydrogens (tertiary/aromatic N) is 1. The van der Waals surface area contributed by atoms with E-state index in [9.17, 15) is 4.79 Å². The first-order valence-electron chi connectivity index (χ1n) is 6.52. The molecule has 1 saturated heterocycles. The summed E-state index contributed by atoms with van der Waals surface area (Å²) in [5, 5.41) is 8.79. The number of hydrogen-bond acceptors (Lipinski definition) is 4. The average Bonchev–Trinajstić information content (AvgIpc) is 2.68. The monoisotopic (exact) mass is 265 g/mol. The molecule has 19 heavy (non-hydrogen) atoms. The third kappa shape index (κ3) is 4.54. The van der Waals surface area contributed by atoms with Crippen LogP contribution in [-0.4, -0.2) is 55.4 Å². The minimum absolute atomic E-state index is 0.275. The van der Waals surface area contributed by atoms with Crippen LogP contribution < -0.4 is 4.74 Å². The Hall–Kier alpha value is -1.59. The second-order valence-corrected chi connectivity index (χ2v) is 4.49. The van der Waals surface area contributed by atoms with Gasteiger partial charge in [0.15, 0.2) is 0 Å². The summed E-state index contributed by atoms with van der Waals surface area (Å²) in [6.07, 6.45) is 1.06. The van der Waals surface area contributed by atoms with Crippen LogP contribution >= 0.6 is 0 Å². The molecule has 5 heteroatoms. The molecule has 0 aromatic heterocycles. The first kappa shape index (κ1) is 13.8. The Morgan fingerprint density at radius 2 is 2.05 bits per heavy atom. The molecule has 1 fully saturated rings. The zero-order valence-corrected chi connectivity index (χ0v) is 10.9. The quantitative estimate of drug-likeness (QED) is 0.874. The molecular weight excluding hydrogens is 246 g/mol. The molecular formula is C14H19NO4. The van der Waals surface area contributed by atoms with Crippen molar-refractivity contribution in [1.82, 2.24) is 4.90 Å². The van der Waals surface area contributed by atoms with E-state index in [0.29, 0.717) is 12.4 Å². The summed E-state index contributed by atoms with van der Waals surface area (Å²) in [4.78, 5) is 13.0. The Labute approximate surface area is 112 Å². The third-order valence-electron chi connectivity index (χ3n) is 3.09. The van der Waals surface area contributed by atoms with Crippen molar-refractivity contribution in [3.05, 3.63) is 29.8 Å². The molecule has 0 bridgehead atoms. The molecule has 0 spiro atoms. The van der Waals surface area contributed by atoms with E-state index in [1.165, 1.54) is 0 Å². The number of carboxylic acid groups (broad SMARTS) is 1. The van der Waals surface area contributed by atoms with E-state index in [2.05, 4.69) is 4.90 Å². The number of carboxylic acids is 1. The molecule has 0 atom stereocenters. The van der Waals surface area contributed by atoms with Crippen LogP contribution in [0.2, 0.25) is 0 Å². The summed E-state index contributed by atoms with van der Waals surface area (Å²) < 4.78 is 11.0. The van der Waals surface area contributed by atoms with E-state index >= 15 is 0 Å². The zero-order valence-electron chi connectivity index (χ0n) is 10.9. The van der Waals surface area contributed by atoms with Crippen molar-refractivity contribution in [2.75, 3.05) is 39.5 Å². The molecule has 0 radical (unpaired) electrons. The van der Waals surface area contributed by atoms with Crippen molar-refractivity contribution in [1.29, 1.82) is 0 Å². The van der Waals surface area contributed by atoms with E-state index in [0.717, 1.165) is 39.3 Å². The summed E-state index contributed by atoms with van der Waals surface area (Å²) in [6, 6.07) is 6.48. The van der Waals surface area contributed by atoms with Crippen LogP contribution in [0.5, 0.6) is 5.75 Å². The molecule has 1 aromatic rings. The minimum atomic E-state index is -0.920. The number of ether oxygens (including phenoxy) is 2. The van der Waals surface area contributed by atoms with Crippen LogP contribution in [0.15, 0.2) is 24.3 Å². The fraction of sp³-hybridized carbons (Fsp3) is 0.500. The Morgan fingerprint density at radius 1 is 1.26 bits per heavy atom. The van der Waals surface area contributed by atoms with E-state index in [4.69, 9.17) is 14.6 Å². The first-order valence-corrected chi connectivity index (χ1v) is 6.52. The van der Waals surface area contributed by atoms with Crippen LogP contribution in [0.1, 0.15) is 16.8 Å². The van der Waals surface area contributed by atoms with Crippen molar-refractivity contribution < 1.29 is 19.4 Å². The van der Waals surface area contributed by atoms with Gasteiger partial charge in [0.25, 0.3) is 0 Å². The zero-order chi connectivity index (χ0) is 13.5. The summed E-state index contributed by atoms with van der Waals surface area (Å²) in [5.41, 5.74) is 0.275. The molecule has 0 unspecified atom stereocenters. The predicted molar refractivity (Wildman–Crippen MR) is 70.8 cm³/mol. The molecule has 5 nitrogen and oxygen atoms in total. The van der Waals surface area contributed by atoms with Crippen LogP contribution in [0, 0.1) is 0 Å². The van der Waals surface area contributed by atoms with Gasteiger partial charge in [-0.15, -0.1) is 0 Å². The van der Waals surface area contributed by atoms with Gasteiger partial charge in [0, 0.05) is 26.2 Å². The average molecular weight is 265 g/mol. The molecule has 1 aromatic carbocycles. The highest BCUT2D eigenvalue weighted by Crippen LogP contribution is 2.12. The summed E-state index contributed by atoms with van der Waals surface area (Å²) >= 11 is 0. The van der Waals surface area contributed by atoms with Gasteiger partial charge in [0.2, 0.25) is 0 Å². The van der Waals surface area contributed by atoms with Gasteiger partial charge in [-0.25, -0.2) is 4.79 Å². The largest absolute Gasteiger partial charge is 0.492 e. The molecule has 1 aliphatic rings. The highest BCUT2D eigenvalue weighted by atomic mass is 16.5. The Kier molecular flexibility index (Phi) is 5.18. The number of rotatable bonds is 5. The lowest BCUT2D eigenvalue weighted by Crippen LogP contribution is -2.30. The summed E-state index contributed by atoms with van der Waals surface area (Å²) in [6.45, 7) is 5.08. The van der Waals surface area contributed by atoms with Crippen molar-refractivity contribution in [3.8, 4) is 5.75 Å². The van der Waals surface area contributed by atoms with E-state index in [1.54, 1.807) is 24.3 Å². The van der Waals surface area contributed by atoms with Gasteiger partial charge in [0.05, 0.1) is 12.2 Å². The lowest BCUT2D eigenvalue weighted by atomic mass is 10.2. The van der Waals surface area contributed by atoms with Crippen LogP contribution in [0.3, 0.4) is 0 Å². The second kappa shape index (κ2) is 7.11. The Balaban J connectivity index is 1.74. The third-order valence-corrected chi connectivity index (χ3v) is 3.09. The van der Waals surface area contributed by atoms with E-state index in [1.807, 2.05) is 0 Å². The maximum atomic E-state index is 10.7. The lowest BCUT2D eigenvalue weighted by molar-refractivity contribution is 0.0697. The SMILES string of the molecule is O=C(O)c1ccc(OCCN2CCCOCC2)cc1. The van der Waals surface area contributed by atoms with Gasteiger partial charge in [-0.3, -0.25) is 4.90 Å². The van der Waals surface area contributed by atoms with Crippen molar-refractivity contribution in [2.45, 2.75) is 6.42 Å². The van der Waals surface area contributed by atoms with Gasteiger partial charge in [-0.1, -0.05) is 0 Å². The van der Waals surface area contributed by atoms with Crippen molar-refractivity contribution >= 4 is 5.97 Å². The molecule has 1 aliphatic heterocycles. The molecule has 2 rings (SSSR count). The predicted octanol–water partition coefficient (Wildman–Crippen LogP) is 1.49. The fourth-order valence-electron chi connectivity index (χ4n) is 2.01. The van der Waals surface area contributed by atoms with E-state index < -0.39 is 5.97 Å².